The third-order valence-corrected chi connectivity index (χ3v) is 10.6. The lowest BCUT2D eigenvalue weighted by atomic mass is 9.52. The number of aliphatic hydroxyl groups is 1. The molecule has 3 aliphatic heterocycles. The summed E-state index contributed by atoms with van der Waals surface area (Å²) in [5.74, 6) is -1.65. The molecule has 4 N–H and O–H groups in total. The van der Waals surface area contributed by atoms with Crippen LogP contribution in [0.3, 0.4) is 0 Å². The van der Waals surface area contributed by atoms with Crippen molar-refractivity contribution in [1.29, 1.82) is 0 Å². The van der Waals surface area contributed by atoms with Gasteiger partial charge in [0.2, 0.25) is 5.91 Å². The second-order valence-electron chi connectivity index (χ2n) is 13.5. The summed E-state index contributed by atoms with van der Waals surface area (Å²) in [6.07, 6.45) is 0.903. The van der Waals surface area contributed by atoms with Crippen LogP contribution in [0.15, 0.2) is 11.1 Å². The lowest BCUT2D eigenvalue weighted by Crippen LogP contribution is -2.70. The summed E-state index contributed by atoms with van der Waals surface area (Å²) >= 11 is 0. The first kappa shape index (κ1) is 27.2. The van der Waals surface area contributed by atoms with Crippen molar-refractivity contribution < 1.29 is 38.4 Å². The maximum Gasteiger partial charge on any atom is 0.334 e. The number of ether oxygens (including phenoxy) is 4. The first-order valence-electron chi connectivity index (χ1n) is 14.5. The Hall–Kier alpha value is -2.01. The summed E-state index contributed by atoms with van der Waals surface area (Å²) in [6.45, 7) is 11.5. The van der Waals surface area contributed by atoms with Gasteiger partial charge in [-0.15, -0.1) is 0 Å². The average molecular weight is 547 g/mol. The number of hydrogen-bond acceptors (Lipinski definition) is 9. The molecule has 3 aliphatic carbocycles. The van der Waals surface area contributed by atoms with Crippen LogP contribution in [-0.4, -0.2) is 76.8 Å². The van der Waals surface area contributed by atoms with Gasteiger partial charge >= 0.3 is 11.9 Å². The number of cyclic esters (lactones) is 1. The number of fused-ring (bicyclic) bond motifs is 2. The molecule has 2 saturated heterocycles. The summed E-state index contributed by atoms with van der Waals surface area (Å²) in [7, 11) is 0. The van der Waals surface area contributed by atoms with E-state index in [1.165, 1.54) is 0 Å². The lowest BCUT2D eigenvalue weighted by molar-refractivity contribution is -0.203. The zero-order valence-electron chi connectivity index (χ0n) is 23.7. The monoisotopic (exact) mass is 546 g/mol. The highest BCUT2D eigenvalue weighted by atomic mass is 16.7. The second-order valence-corrected chi connectivity index (χ2v) is 13.5. The van der Waals surface area contributed by atoms with Crippen LogP contribution in [0, 0.1) is 29.6 Å². The Kier molecular flexibility index (Phi) is 6.09. The average Bonchev–Trinajstić information content (AvgIpc) is 3.75. The van der Waals surface area contributed by atoms with Crippen LogP contribution in [0.4, 0.5) is 0 Å². The summed E-state index contributed by atoms with van der Waals surface area (Å²) < 4.78 is 24.7. The van der Waals surface area contributed by atoms with E-state index in [1.54, 1.807) is 0 Å². The highest BCUT2D eigenvalue weighted by Crippen LogP contribution is 2.76. The van der Waals surface area contributed by atoms with Crippen LogP contribution >= 0.6 is 0 Å². The SMILES string of the molecule is CC(C)C(N)C(=O)NC(C(=O)OC1C(O)(C(C)C)CC2OC23C2CCC4=C(COC4=O)C2CC2OC213)C(C)C. The number of rotatable bonds is 7. The minimum Gasteiger partial charge on any atom is -0.458 e. The highest BCUT2D eigenvalue weighted by Gasteiger charge is 2.93. The number of epoxide rings is 2. The van der Waals surface area contributed by atoms with Gasteiger partial charge in [-0.3, -0.25) is 4.79 Å². The smallest absolute Gasteiger partial charge is 0.334 e. The predicted octanol–water partition coefficient (Wildman–Crippen LogP) is 1.37. The number of hydrogen-bond donors (Lipinski definition) is 3. The fourth-order valence-electron chi connectivity index (χ4n) is 8.14. The van der Waals surface area contributed by atoms with E-state index >= 15 is 0 Å². The number of carbonyl (C=O) groups is 3. The third kappa shape index (κ3) is 3.57. The summed E-state index contributed by atoms with van der Waals surface area (Å²) in [5.41, 5.74) is 4.89. The van der Waals surface area contributed by atoms with Crippen molar-refractivity contribution >= 4 is 17.8 Å². The zero-order chi connectivity index (χ0) is 28.2. The lowest BCUT2D eigenvalue weighted by Gasteiger charge is -2.52. The van der Waals surface area contributed by atoms with Gasteiger partial charge in [0.05, 0.1) is 18.2 Å². The summed E-state index contributed by atoms with van der Waals surface area (Å²) in [4.78, 5) is 38.8. The van der Waals surface area contributed by atoms with Gasteiger partial charge < -0.3 is 35.1 Å². The van der Waals surface area contributed by atoms with Gasteiger partial charge in [0.15, 0.2) is 11.7 Å². The van der Waals surface area contributed by atoms with Gasteiger partial charge in [-0.2, -0.15) is 0 Å². The molecule has 6 aliphatic rings. The number of nitrogens with two attached hydrogens (primary N) is 1. The van der Waals surface area contributed by atoms with E-state index in [9.17, 15) is 19.5 Å². The van der Waals surface area contributed by atoms with Crippen molar-refractivity contribution in [2.45, 2.75) is 114 Å². The van der Waals surface area contributed by atoms with Crippen molar-refractivity contribution in [1.82, 2.24) is 5.32 Å². The molecule has 39 heavy (non-hydrogen) atoms. The minimum absolute atomic E-state index is 0.0806. The Morgan fingerprint density at radius 3 is 2.41 bits per heavy atom. The predicted molar refractivity (Wildman–Crippen MR) is 138 cm³/mol. The van der Waals surface area contributed by atoms with Gasteiger partial charge in [0, 0.05) is 17.9 Å². The minimum atomic E-state index is -1.37. The number of nitrogens with one attached hydrogen (secondary N) is 1. The van der Waals surface area contributed by atoms with Gasteiger partial charge in [0.1, 0.15) is 23.9 Å². The Balaban J connectivity index is 1.32. The molecule has 10 unspecified atom stereocenters. The Morgan fingerprint density at radius 2 is 1.77 bits per heavy atom. The number of amides is 1. The quantitative estimate of drug-likeness (QED) is 0.317. The summed E-state index contributed by atoms with van der Waals surface area (Å²) in [5, 5.41) is 14.9. The highest BCUT2D eigenvalue weighted by molar-refractivity contribution is 5.92. The molecule has 0 bridgehead atoms. The third-order valence-electron chi connectivity index (χ3n) is 10.6. The molecule has 0 aromatic heterocycles. The molecule has 0 radical (unpaired) electrons. The van der Waals surface area contributed by atoms with Crippen molar-refractivity contribution in [2.75, 3.05) is 6.61 Å². The van der Waals surface area contributed by atoms with E-state index in [0.717, 1.165) is 17.6 Å². The summed E-state index contributed by atoms with van der Waals surface area (Å²) in [6, 6.07) is -1.69. The van der Waals surface area contributed by atoms with Crippen molar-refractivity contribution in [3.63, 3.8) is 0 Å². The molecule has 10 nitrogen and oxygen atoms in total. The molecular formula is C29H42N2O8. The molecule has 10 atom stereocenters. The molecule has 6 rings (SSSR count). The maximum atomic E-state index is 13.8. The fourth-order valence-corrected chi connectivity index (χ4v) is 8.14. The van der Waals surface area contributed by atoms with Crippen LogP contribution in [-0.2, 0) is 33.3 Å². The largest absolute Gasteiger partial charge is 0.458 e. The van der Waals surface area contributed by atoms with Crippen LogP contribution in [0.25, 0.3) is 0 Å². The second kappa shape index (κ2) is 8.74. The molecule has 2 saturated carbocycles. The molecule has 0 aromatic rings. The van der Waals surface area contributed by atoms with E-state index in [1.807, 2.05) is 41.5 Å². The van der Waals surface area contributed by atoms with Crippen LogP contribution in [0.1, 0.15) is 67.2 Å². The van der Waals surface area contributed by atoms with E-state index < -0.39 is 46.9 Å². The fraction of sp³-hybridized carbons (Fsp3) is 0.828. The molecule has 0 aromatic carbocycles. The molecular weight excluding hydrogens is 504 g/mol. The number of carbonyl (C=O) groups excluding carboxylic acids is 3. The van der Waals surface area contributed by atoms with Gasteiger partial charge in [-0.25, -0.2) is 9.59 Å². The maximum absolute atomic E-state index is 13.8. The van der Waals surface area contributed by atoms with Crippen molar-refractivity contribution in [3.05, 3.63) is 11.1 Å². The van der Waals surface area contributed by atoms with Gasteiger partial charge in [-0.05, 0) is 48.5 Å². The topological polar surface area (TPSA) is 153 Å². The Morgan fingerprint density at radius 1 is 1.08 bits per heavy atom. The Bertz CT molecular complexity index is 1130. The molecule has 3 heterocycles. The van der Waals surface area contributed by atoms with E-state index in [0.29, 0.717) is 25.9 Å². The molecule has 216 valence electrons. The van der Waals surface area contributed by atoms with Crippen LogP contribution < -0.4 is 11.1 Å². The van der Waals surface area contributed by atoms with Gasteiger partial charge in [-0.1, -0.05) is 41.5 Å². The van der Waals surface area contributed by atoms with E-state index in [-0.39, 0.29) is 47.8 Å². The molecule has 2 spiro atoms. The Labute approximate surface area is 229 Å². The molecule has 10 heteroatoms. The first-order valence-corrected chi connectivity index (χ1v) is 14.5. The van der Waals surface area contributed by atoms with Crippen LogP contribution in [0.5, 0.6) is 0 Å². The molecule has 1 amide bonds. The standard InChI is InChI=1S/C29H42N2O8/c1-12(2)21(30)23(32)31-22(13(3)4)25(34)37-26-27(35,14(5)6)10-20-28(39-20)18-8-7-15-17(11-36-24(15)33)16(18)9-19-29(26,28)38-19/h12-14,16,18-22,26,35H,7-11,30H2,1-6H3,(H,31,32). The normalized spacial score (nSPS) is 43.1. The van der Waals surface area contributed by atoms with E-state index in [4.69, 9.17) is 24.7 Å². The van der Waals surface area contributed by atoms with Crippen molar-refractivity contribution in [2.24, 2.45) is 35.3 Å². The van der Waals surface area contributed by atoms with Gasteiger partial charge in [0.25, 0.3) is 0 Å². The van der Waals surface area contributed by atoms with Crippen molar-refractivity contribution in [3.8, 4) is 0 Å². The molecule has 4 fully saturated rings. The first-order chi connectivity index (χ1) is 18.3. The zero-order valence-corrected chi connectivity index (χ0v) is 23.7. The van der Waals surface area contributed by atoms with E-state index in [2.05, 4.69) is 5.32 Å². The number of esters is 2. The van der Waals surface area contributed by atoms with Crippen LogP contribution in [0.2, 0.25) is 0 Å².